The van der Waals surface area contributed by atoms with Crippen molar-refractivity contribution in [2.75, 3.05) is 6.54 Å². The van der Waals surface area contributed by atoms with Crippen LogP contribution in [0.3, 0.4) is 0 Å². The van der Waals surface area contributed by atoms with Crippen LogP contribution in [-0.4, -0.2) is 23.5 Å². The van der Waals surface area contributed by atoms with E-state index in [2.05, 4.69) is 49.1 Å². The smallest absolute Gasteiger partial charge is 0.0476 e. The average Bonchev–Trinajstić information content (AvgIpc) is 2.74. The Hall–Kier alpha value is -0.860. The number of benzene rings is 1. The highest BCUT2D eigenvalue weighted by Crippen LogP contribution is 2.34. The maximum Gasteiger partial charge on any atom is 0.0476 e. The van der Waals surface area contributed by atoms with Gasteiger partial charge in [-0.3, -0.25) is 4.90 Å². The van der Waals surface area contributed by atoms with E-state index in [1.165, 1.54) is 24.8 Å². The van der Waals surface area contributed by atoms with Gasteiger partial charge in [-0.15, -0.1) is 0 Å². The molecule has 0 radical (unpaired) electrons. The van der Waals surface area contributed by atoms with Crippen LogP contribution < -0.4 is 5.73 Å². The molecule has 0 saturated carbocycles. The molecular formula is C15H24N2. The van der Waals surface area contributed by atoms with E-state index in [1.54, 1.807) is 0 Å². The molecule has 2 nitrogen and oxygen atoms in total. The first-order chi connectivity index (χ1) is 8.27. The van der Waals surface area contributed by atoms with Crippen LogP contribution in [-0.2, 0) is 0 Å². The largest absolute Gasteiger partial charge is 0.329 e. The van der Waals surface area contributed by atoms with Gasteiger partial charge in [0.15, 0.2) is 0 Å². The van der Waals surface area contributed by atoms with E-state index in [-0.39, 0.29) is 0 Å². The molecule has 1 aromatic rings. The topological polar surface area (TPSA) is 29.3 Å². The first-order valence-electron chi connectivity index (χ1n) is 6.80. The van der Waals surface area contributed by atoms with Gasteiger partial charge in [0.05, 0.1) is 0 Å². The van der Waals surface area contributed by atoms with E-state index in [0.29, 0.717) is 24.7 Å². The third kappa shape index (κ3) is 2.53. The molecule has 2 N–H and O–H groups in total. The molecule has 0 amide bonds. The van der Waals surface area contributed by atoms with Gasteiger partial charge in [-0.25, -0.2) is 0 Å². The fourth-order valence-electron chi connectivity index (χ4n) is 3.17. The highest BCUT2D eigenvalue weighted by atomic mass is 15.2. The van der Waals surface area contributed by atoms with Gasteiger partial charge in [0.1, 0.15) is 0 Å². The molecular weight excluding hydrogens is 208 g/mol. The van der Waals surface area contributed by atoms with Crippen molar-refractivity contribution >= 4 is 0 Å². The Balaban J connectivity index is 2.23. The summed E-state index contributed by atoms with van der Waals surface area (Å²) in [6, 6.07) is 12.5. The predicted octanol–water partition coefficient (Wildman–Crippen LogP) is 2.95. The van der Waals surface area contributed by atoms with Crippen molar-refractivity contribution in [3.05, 3.63) is 35.9 Å². The summed E-state index contributed by atoms with van der Waals surface area (Å²) < 4.78 is 0. The third-order valence-corrected chi connectivity index (χ3v) is 4.09. The van der Waals surface area contributed by atoms with Crippen LogP contribution in [0, 0.1) is 0 Å². The summed E-state index contributed by atoms with van der Waals surface area (Å²) in [5, 5.41) is 0. The fraction of sp³-hybridized carbons (Fsp3) is 0.600. The van der Waals surface area contributed by atoms with E-state index < -0.39 is 0 Å². The molecule has 2 heteroatoms. The summed E-state index contributed by atoms with van der Waals surface area (Å²) in [6.45, 7) is 5.33. The Kier molecular flexibility index (Phi) is 4.19. The standard InChI is InChI=1S/C15H24N2/c1-3-14-10-9-12(2)17(14)15(11-16)13-7-5-4-6-8-13/h4-8,12,14-15H,3,9-11,16H2,1-2H3. The van der Waals surface area contributed by atoms with E-state index in [9.17, 15) is 0 Å². The second-order valence-corrected chi connectivity index (χ2v) is 5.10. The minimum atomic E-state index is 0.388. The van der Waals surface area contributed by atoms with Crippen molar-refractivity contribution in [2.24, 2.45) is 5.73 Å². The van der Waals surface area contributed by atoms with Crippen molar-refractivity contribution in [1.29, 1.82) is 0 Å². The van der Waals surface area contributed by atoms with Crippen molar-refractivity contribution in [1.82, 2.24) is 4.90 Å². The Morgan fingerprint density at radius 1 is 1.29 bits per heavy atom. The van der Waals surface area contributed by atoms with Crippen LogP contribution in [0.15, 0.2) is 30.3 Å². The number of hydrogen-bond acceptors (Lipinski definition) is 2. The molecule has 0 spiro atoms. The molecule has 0 bridgehead atoms. The fourth-order valence-corrected chi connectivity index (χ4v) is 3.17. The quantitative estimate of drug-likeness (QED) is 0.865. The van der Waals surface area contributed by atoms with Gasteiger partial charge in [-0.2, -0.15) is 0 Å². The van der Waals surface area contributed by atoms with Gasteiger partial charge in [0, 0.05) is 24.7 Å². The minimum absolute atomic E-state index is 0.388. The normalized spacial score (nSPS) is 27.2. The van der Waals surface area contributed by atoms with Gasteiger partial charge < -0.3 is 5.73 Å². The van der Waals surface area contributed by atoms with Crippen molar-refractivity contribution in [3.63, 3.8) is 0 Å². The molecule has 1 aromatic carbocycles. The van der Waals surface area contributed by atoms with Gasteiger partial charge in [-0.05, 0) is 31.7 Å². The van der Waals surface area contributed by atoms with E-state index in [4.69, 9.17) is 5.73 Å². The number of rotatable bonds is 4. The molecule has 94 valence electrons. The van der Waals surface area contributed by atoms with Crippen molar-refractivity contribution < 1.29 is 0 Å². The zero-order chi connectivity index (χ0) is 12.3. The predicted molar refractivity (Wildman–Crippen MR) is 72.9 cm³/mol. The number of likely N-dealkylation sites (tertiary alicyclic amines) is 1. The summed E-state index contributed by atoms with van der Waals surface area (Å²) in [5.41, 5.74) is 7.39. The minimum Gasteiger partial charge on any atom is -0.329 e. The molecule has 1 fully saturated rings. The van der Waals surface area contributed by atoms with Crippen LogP contribution in [0.1, 0.15) is 44.7 Å². The number of nitrogens with zero attached hydrogens (tertiary/aromatic N) is 1. The van der Waals surface area contributed by atoms with E-state index in [1.807, 2.05) is 0 Å². The average molecular weight is 232 g/mol. The Labute approximate surface area is 105 Å². The molecule has 1 aliphatic rings. The highest BCUT2D eigenvalue weighted by molar-refractivity contribution is 5.20. The van der Waals surface area contributed by atoms with Crippen LogP contribution >= 0.6 is 0 Å². The van der Waals surface area contributed by atoms with E-state index in [0.717, 1.165) is 0 Å². The van der Waals surface area contributed by atoms with Crippen LogP contribution in [0.4, 0.5) is 0 Å². The van der Waals surface area contributed by atoms with Crippen LogP contribution in [0.25, 0.3) is 0 Å². The molecule has 1 saturated heterocycles. The second kappa shape index (κ2) is 5.65. The van der Waals surface area contributed by atoms with Crippen molar-refractivity contribution in [3.8, 4) is 0 Å². The second-order valence-electron chi connectivity index (χ2n) is 5.10. The summed E-state index contributed by atoms with van der Waals surface area (Å²) in [6.07, 6.45) is 3.86. The lowest BCUT2D eigenvalue weighted by molar-refractivity contribution is 0.137. The Bertz CT molecular complexity index is 336. The lowest BCUT2D eigenvalue weighted by Crippen LogP contribution is -2.41. The SMILES string of the molecule is CCC1CCC(C)N1C(CN)c1ccccc1. The molecule has 1 heterocycles. The van der Waals surface area contributed by atoms with Gasteiger partial charge in [0.25, 0.3) is 0 Å². The van der Waals surface area contributed by atoms with Gasteiger partial charge in [-0.1, -0.05) is 37.3 Å². The summed E-state index contributed by atoms with van der Waals surface area (Å²) in [5.74, 6) is 0. The molecule has 3 unspecified atom stereocenters. The zero-order valence-electron chi connectivity index (χ0n) is 11.0. The lowest BCUT2D eigenvalue weighted by Gasteiger charge is -2.35. The number of hydrogen-bond donors (Lipinski definition) is 1. The maximum absolute atomic E-state index is 6.02. The van der Waals surface area contributed by atoms with E-state index >= 15 is 0 Å². The van der Waals surface area contributed by atoms with Gasteiger partial charge >= 0.3 is 0 Å². The summed E-state index contributed by atoms with van der Waals surface area (Å²) in [7, 11) is 0. The summed E-state index contributed by atoms with van der Waals surface area (Å²) >= 11 is 0. The molecule has 2 rings (SSSR count). The first kappa shape index (κ1) is 12.6. The highest BCUT2D eigenvalue weighted by Gasteiger charge is 2.34. The Morgan fingerprint density at radius 3 is 2.59 bits per heavy atom. The Morgan fingerprint density at radius 2 is 2.00 bits per heavy atom. The van der Waals surface area contributed by atoms with Crippen molar-refractivity contribution in [2.45, 2.75) is 51.2 Å². The third-order valence-electron chi connectivity index (χ3n) is 4.09. The molecule has 17 heavy (non-hydrogen) atoms. The van der Waals surface area contributed by atoms with Crippen LogP contribution in [0.2, 0.25) is 0 Å². The molecule has 0 aromatic heterocycles. The first-order valence-corrected chi connectivity index (χ1v) is 6.80. The monoisotopic (exact) mass is 232 g/mol. The van der Waals surface area contributed by atoms with Gasteiger partial charge in [0.2, 0.25) is 0 Å². The zero-order valence-corrected chi connectivity index (χ0v) is 11.0. The molecule has 0 aliphatic carbocycles. The lowest BCUT2D eigenvalue weighted by atomic mass is 10.0. The molecule has 3 atom stereocenters. The number of nitrogens with two attached hydrogens (primary N) is 1. The summed E-state index contributed by atoms with van der Waals surface area (Å²) in [4.78, 5) is 2.63. The van der Waals surface area contributed by atoms with Crippen LogP contribution in [0.5, 0.6) is 0 Å². The maximum atomic E-state index is 6.02. The molecule has 1 aliphatic heterocycles.